The Morgan fingerprint density at radius 2 is 0.919 bits per heavy atom. The fourth-order valence-corrected chi connectivity index (χ4v) is 16.7. The first kappa shape index (κ1) is 93.9. The number of halogens is 14. The number of aromatic nitrogens is 10. The number of urea groups is 4. The number of hydrogen-bond acceptors (Lipinski definition) is 20. The van der Waals surface area contributed by atoms with Crippen LogP contribution in [0.1, 0.15) is 47.9 Å². The highest BCUT2D eigenvalue weighted by atomic mass is 79.9. The Morgan fingerprint density at radius 3 is 1.44 bits per heavy atom. The van der Waals surface area contributed by atoms with E-state index in [0.717, 1.165) is 73.4 Å². The lowest BCUT2D eigenvalue weighted by molar-refractivity contribution is -0.116. The lowest BCUT2D eigenvalue weighted by atomic mass is 9.91. The number of thiazole rings is 1. The molecular weight excluding hydrogens is 1890 g/mol. The fourth-order valence-electron chi connectivity index (χ4n) is 15.6. The topological polar surface area (TPSA) is 277 Å². The monoisotopic (exact) mass is 1970 g/mol. The van der Waals surface area contributed by atoms with Crippen LogP contribution in [0, 0.1) is 0 Å². The molecule has 1 fully saturated rings. The second-order valence-electron chi connectivity index (χ2n) is 31.0. The van der Waals surface area contributed by atoms with E-state index in [2.05, 4.69) is 71.4 Å². The van der Waals surface area contributed by atoms with Crippen LogP contribution in [0.25, 0.3) is 32.0 Å². The number of hydrogen-bond donors (Lipinski definition) is 2. The summed E-state index contributed by atoms with van der Waals surface area (Å²) in [4.78, 5) is 92.5. The van der Waals surface area contributed by atoms with Crippen LogP contribution < -0.4 is 68.8 Å². The van der Waals surface area contributed by atoms with E-state index in [-0.39, 0.29) is 84.5 Å². The zero-order valence-corrected chi connectivity index (χ0v) is 74.7. The molecule has 19 rings (SSSR count). The number of aryl methyl sites for hydroxylation is 2. The molecule has 7 aromatic heterocycles. The van der Waals surface area contributed by atoms with Crippen LogP contribution in [0.2, 0.25) is 5.02 Å². The maximum Gasteiger partial charge on any atom is 0.405 e. The Balaban J connectivity index is 0.000000131. The minimum absolute atomic E-state index is 0.0192. The predicted octanol–water partition coefficient (Wildman–Crippen LogP) is 22.1. The minimum atomic E-state index is -4.43. The van der Waals surface area contributed by atoms with Gasteiger partial charge in [0.2, 0.25) is 17.7 Å². The van der Waals surface area contributed by atoms with Gasteiger partial charge in [-0.2, -0.15) is 60.3 Å². The molecule has 0 spiro atoms. The number of benzene rings is 7. The maximum atomic E-state index is 13.9. The summed E-state index contributed by atoms with van der Waals surface area (Å²) in [6.45, 7) is -6.23. The third-order valence-corrected chi connectivity index (χ3v) is 23.4. The molecule has 0 saturated heterocycles. The van der Waals surface area contributed by atoms with Crippen molar-refractivity contribution >= 4 is 170 Å². The van der Waals surface area contributed by atoms with Gasteiger partial charge in [0, 0.05) is 123 Å². The molecule has 0 bridgehead atoms. The predicted molar refractivity (Wildman–Crippen MR) is 488 cm³/mol. The number of amides is 8. The van der Waals surface area contributed by atoms with Crippen LogP contribution >= 0.6 is 38.9 Å². The number of nitrogens with zero attached hydrogens (tertiary/aromatic N) is 18. The van der Waals surface area contributed by atoms with E-state index in [1.807, 2.05) is 69.0 Å². The Hall–Kier alpha value is -14.3. The molecule has 8 amide bonds. The van der Waals surface area contributed by atoms with Gasteiger partial charge in [-0.25, -0.2) is 66.4 Å². The van der Waals surface area contributed by atoms with Crippen LogP contribution in [-0.2, 0) is 45.0 Å². The fraction of sp³-hybridized carbons (Fsp3) is 0.253. The van der Waals surface area contributed by atoms with Gasteiger partial charge in [0.05, 0.1) is 83.2 Å². The number of methoxy groups -OCH3 is 2. The van der Waals surface area contributed by atoms with Gasteiger partial charge >= 0.3 is 43.1 Å². The van der Waals surface area contributed by atoms with E-state index in [0.29, 0.717) is 73.9 Å². The van der Waals surface area contributed by atoms with Gasteiger partial charge in [-0.3, -0.25) is 33.9 Å². The third-order valence-electron chi connectivity index (χ3n) is 21.8. The van der Waals surface area contributed by atoms with E-state index >= 15 is 0 Å². The molecule has 0 radical (unpaired) electrons. The standard InChI is InChI=1S/C24H27F2N5O3.C23H16F4N4O3S.C22H17BrF3N7O.C22H18ClF3N4O2/c1-29-12-16-11-18(6-9-20(16)28-29)30-13-15-3-10-22(34-14-21(25)26)27-23(15)31(24(30)32)17-4-7-19(33-2)8-5-17;24-19(25)11-33-20-8-1-13-10-30(15-4-7-17-18(9-15)35-12-28-17)23(32)31(21(13)29-20)14-2-5-16(6-3-14)34-22(26)27;1-31-10-13-8-17(6-7-18(13)30-31)32-11-14-9-27-20(28-12-22(24,25)26)29-19(14)33(21(32)34)16-4-2-15(23)3-5-16;1-32-18-9-7-16(8-10-18)29-12-14-2-11-19(27-13-22(24,25)26)28-20(14)30(21(29)31)17-5-3-15(23)4-6-17/h3,6,9-12,17,19,21H,4-5,7-8,13-14H2,1-2H3;1-9,12,19,22H,10-11H2;2-10H,11-12H2,1H3,(H,27,28,29);2-11H,12-13H2,1H3,(H,27,28). The van der Waals surface area contributed by atoms with Crippen molar-refractivity contribution < 1.29 is 95.5 Å². The first-order valence-electron chi connectivity index (χ1n) is 41.4. The van der Waals surface area contributed by atoms with E-state index in [1.54, 1.807) is 158 Å². The largest absolute Gasteiger partial charge is 0.497 e. The molecule has 135 heavy (non-hydrogen) atoms. The minimum Gasteiger partial charge on any atom is -0.497 e. The molecule has 44 heteroatoms. The molecule has 5 aliphatic rings. The van der Waals surface area contributed by atoms with Crippen LogP contribution in [0.15, 0.2) is 217 Å². The number of carbonyl (C=O) groups is 4. The molecule has 1 saturated carbocycles. The molecule has 29 nitrogen and oxygen atoms in total. The second kappa shape index (κ2) is 40.2. The van der Waals surface area contributed by atoms with E-state index in [4.69, 9.17) is 30.5 Å². The SMILES string of the molecule is COC1CCC(N2C(=O)N(c3ccc4nn(C)cc4c3)Cc3ccc(OCC(F)F)nc32)CC1.COc1ccc(N2Cc3ccc(NCC(F)(F)F)nc3N(c3ccc(Cl)cc3)C2=O)cc1.Cn1cc2cc(N3Cc4cnc(NCC(F)(F)F)nc4N(c4ccc(Br)cc4)C3=O)ccc2n1.O=C1N(c2ccc3ncsc3c2)Cc2ccc(OCC(F)F)nc2N1c1ccc(OC(F)F)cc1. The highest BCUT2D eigenvalue weighted by molar-refractivity contribution is 9.10. The summed E-state index contributed by atoms with van der Waals surface area (Å²) in [6.07, 6.45) is -5.52. The molecule has 700 valence electrons. The molecule has 4 aliphatic heterocycles. The number of rotatable bonds is 22. The average Bonchev–Trinajstić information content (AvgIpc) is 1.47. The summed E-state index contributed by atoms with van der Waals surface area (Å²) < 4.78 is 182. The second-order valence-corrected chi connectivity index (χ2v) is 33.2. The van der Waals surface area contributed by atoms with Crippen LogP contribution in [0.3, 0.4) is 0 Å². The number of nitrogens with one attached hydrogen (secondary N) is 2. The summed E-state index contributed by atoms with van der Waals surface area (Å²) in [5.41, 5.74) is 10.9. The highest BCUT2D eigenvalue weighted by Crippen LogP contribution is 2.45. The van der Waals surface area contributed by atoms with Crippen LogP contribution in [-0.4, -0.2) is 158 Å². The molecule has 0 unspecified atom stereocenters. The Bertz CT molecular complexity index is 6650. The first-order chi connectivity index (χ1) is 64.7. The van der Waals surface area contributed by atoms with Crippen molar-refractivity contribution in [3.63, 3.8) is 0 Å². The van der Waals surface area contributed by atoms with Gasteiger partial charge in [0.25, 0.3) is 12.9 Å². The maximum absolute atomic E-state index is 13.9. The summed E-state index contributed by atoms with van der Waals surface area (Å²) in [6, 6.07) is 50.8. The number of fused-ring (bicyclic) bond motifs is 7. The number of carbonyl (C=O) groups excluding carboxylic acids is 4. The lowest BCUT2D eigenvalue weighted by Crippen LogP contribution is -2.53. The van der Waals surface area contributed by atoms with E-state index in [1.165, 1.54) is 73.5 Å². The quantitative estimate of drug-likeness (QED) is 0.0596. The summed E-state index contributed by atoms with van der Waals surface area (Å²) in [7, 11) is 6.94. The lowest BCUT2D eigenvalue weighted by Gasteiger charge is -2.42. The molecular formula is C91H78BrClF12N20O9S. The summed E-state index contributed by atoms with van der Waals surface area (Å²) >= 11 is 10.8. The molecule has 14 aromatic rings. The van der Waals surface area contributed by atoms with Crippen molar-refractivity contribution in [1.29, 1.82) is 0 Å². The van der Waals surface area contributed by atoms with Crippen LogP contribution in [0.4, 0.5) is 147 Å². The zero-order valence-electron chi connectivity index (χ0n) is 71.5. The van der Waals surface area contributed by atoms with Crippen molar-refractivity contribution in [2.75, 3.05) is 90.4 Å². The third kappa shape index (κ3) is 22.0. The molecule has 1 aliphatic carbocycles. The smallest absolute Gasteiger partial charge is 0.405 e. The van der Waals surface area contributed by atoms with Gasteiger partial charge in [0.1, 0.15) is 47.9 Å². The van der Waals surface area contributed by atoms with Gasteiger partial charge in [0.15, 0.2) is 19.0 Å². The van der Waals surface area contributed by atoms with Crippen molar-refractivity contribution in [2.45, 2.75) is 95.8 Å². The van der Waals surface area contributed by atoms with E-state index in [9.17, 15) is 71.9 Å². The van der Waals surface area contributed by atoms with Gasteiger partial charge in [-0.15, -0.1) is 11.3 Å². The summed E-state index contributed by atoms with van der Waals surface area (Å²) in [5.74, 6) is 1.56. The number of alkyl halides is 12. The summed E-state index contributed by atoms with van der Waals surface area (Å²) in [5, 5.41) is 15.5. The Labute approximate surface area is 778 Å². The normalized spacial score (nSPS) is 15.5. The average molecular weight is 1970 g/mol. The van der Waals surface area contributed by atoms with Crippen molar-refractivity contribution in [3.05, 3.63) is 244 Å². The molecule has 7 aromatic carbocycles. The van der Waals surface area contributed by atoms with Crippen molar-refractivity contribution in [2.24, 2.45) is 14.1 Å². The van der Waals surface area contributed by atoms with Gasteiger partial charge in [-0.05, 0) is 202 Å². The van der Waals surface area contributed by atoms with Gasteiger partial charge in [-0.1, -0.05) is 27.5 Å². The highest BCUT2D eigenvalue weighted by Gasteiger charge is 2.42. The van der Waals surface area contributed by atoms with Crippen molar-refractivity contribution in [3.8, 4) is 23.3 Å². The number of pyridine rings is 3. The van der Waals surface area contributed by atoms with Crippen molar-refractivity contribution in [1.82, 2.24) is 49.5 Å². The van der Waals surface area contributed by atoms with E-state index < -0.39 is 76.2 Å². The molecule has 0 atom stereocenters. The molecule has 2 N–H and O–H groups in total. The Morgan fingerprint density at radius 1 is 0.474 bits per heavy atom. The van der Waals surface area contributed by atoms with Gasteiger partial charge < -0.3 is 34.3 Å². The zero-order chi connectivity index (χ0) is 95.3. The number of ether oxygens (including phenoxy) is 5. The number of anilines is 13. The Kier molecular flexibility index (Phi) is 28.0. The molecule has 11 heterocycles. The first-order valence-corrected chi connectivity index (χ1v) is 43.5. The van der Waals surface area contributed by atoms with Crippen LogP contribution in [0.5, 0.6) is 23.3 Å².